The van der Waals surface area contributed by atoms with Crippen LogP contribution in [0.25, 0.3) is 0 Å². The smallest absolute Gasteiger partial charge is 0.242 e. The lowest BCUT2D eigenvalue weighted by molar-refractivity contribution is -0.130. The molecule has 1 aliphatic rings. The van der Waals surface area contributed by atoms with Crippen LogP contribution in [0.4, 0.5) is 0 Å². The normalized spacial score (nSPS) is 21.5. The lowest BCUT2D eigenvalue weighted by Gasteiger charge is -2.22. The molecule has 80 valence electrons. The van der Waals surface area contributed by atoms with Gasteiger partial charge in [0, 0.05) is 13.0 Å². The minimum atomic E-state index is -0.339. The molecule has 1 saturated heterocycles. The van der Waals surface area contributed by atoms with E-state index in [1.807, 2.05) is 0 Å². The molecule has 0 saturated carbocycles. The van der Waals surface area contributed by atoms with Gasteiger partial charge in [-0.3, -0.25) is 9.59 Å². The molecule has 1 atom stereocenters. The van der Waals surface area contributed by atoms with Gasteiger partial charge in [0.25, 0.3) is 0 Å². The number of rotatable bonds is 4. The molecule has 14 heavy (non-hydrogen) atoms. The van der Waals surface area contributed by atoms with Gasteiger partial charge in [0.1, 0.15) is 6.04 Å². The molecular weight excluding hydrogens is 182 g/mol. The van der Waals surface area contributed by atoms with Gasteiger partial charge >= 0.3 is 0 Å². The van der Waals surface area contributed by atoms with Crippen molar-refractivity contribution in [2.24, 2.45) is 5.73 Å². The molecule has 1 heterocycles. The van der Waals surface area contributed by atoms with E-state index in [-0.39, 0.29) is 17.9 Å². The summed E-state index contributed by atoms with van der Waals surface area (Å²) in [6, 6.07) is -0.339. The van der Waals surface area contributed by atoms with E-state index in [0.717, 1.165) is 12.8 Å². The minimum Gasteiger partial charge on any atom is -0.354 e. The predicted octanol–water partition coefficient (Wildman–Crippen LogP) is -0.880. The van der Waals surface area contributed by atoms with Crippen molar-refractivity contribution in [2.45, 2.75) is 31.7 Å². The Labute approximate surface area is 83.4 Å². The first-order chi connectivity index (χ1) is 6.74. The van der Waals surface area contributed by atoms with Crippen molar-refractivity contribution < 1.29 is 9.59 Å². The van der Waals surface area contributed by atoms with Crippen LogP contribution in [0.2, 0.25) is 0 Å². The zero-order valence-electron chi connectivity index (χ0n) is 8.21. The average molecular weight is 199 g/mol. The van der Waals surface area contributed by atoms with Crippen molar-refractivity contribution in [3.05, 3.63) is 0 Å². The van der Waals surface area contributed by atoms with Crippen LogP contribution >= 0.6 is 0 Å². The number of hydrogen-bond acceptors (Lipinski definition) is 3. The van der Waals surface area contributed by atoms with E-state index in [1.165, 1.54) is 0 Å². The van der Waals surface area contributed by atoms with Crippen molar-refractivity contribution >= 4 is 11.8 Å². The number of nitrogens with two attached hydrogens (primary N) is 1. The Morgan fingerprint density at radius 3 is 3.07 bits per heavy atom. The van der Waals surface area contributed by atoms with Crippen molar-refractivity contribution in [1.82, 2.24) is 10.6 Å². The maximum atomic E-state index is 11.3. The second-order valence-corrected chi connectivity index (χ2v) is 3.45. The number of hydrogen-bond donors (Lipinski definition) is 3. The molecule has 5 nitrogen and oxygen atoms in total. The van der Waals surface area contributed by atoms with Gasteiger partial charge in [-0.25, -0.2) is 0 Å². The van der Waals surface area contributed by atoms with E-state index in [4.69, 9.17) is 5.73 Å². The topological polar surface area (TPSA) is 84.2 Å². The molecule has 1 aliphatic heterocycles. The quantitative estimate of drug-likeness (QED) is 0.549. The molecule has 2 amide bonds. The Morgan fingerprint density at radius 2 is 2.43 bits per heavy atom. The summed E-state index contributed by atoms with van der Waals surface area (Å²) in [5.74, 6) is -0.158. The summed E-state index contributed by atoms with van der Waals surface area (Å²) in [6.45, 7) is 1.22. The second kappa shape index (κ2) is 5.59. The maximum Gasteiger partial charge on any atom is 0.242 e. The standard InChI is InChI=1S/C9H17N3O2/c10-5-1-4-8(13)12-7-3-2-6-11-9(7)14/h7H,1-6,10H2,(H,11,14)(H,12,13). The third-order valence-corrected chi connectivity index (χ3v) is 2.23. The molecule has 4 N–H and O–H groups in total. The van der Waals surface area contributed by atoms with Crippen LogP contribution in [0.15, 0.2) is 0 Å². The summed E-state index contributed by atoms with van der Waals surface area (Å²) < 4.78 is 0. The molecule has 0 aromatic carbocycles. The first-order valence-corrected chi connectivity index (χ1v) is 5.01. The Balaban J connectivity index is 2.27. The van der Waals surface area contributed by atoms with E-state index >= 15 is 0 Å². The van der Waals surface area contributed by atoms with Crippen LogP contribution in [0.5, 0.6) is 0 Å². The summed E-state index contributed by atoms with van der Waals surface area (Å²) in [4.78, 5) is 22.5. The first-order valence-electron chi connectivity index (χ1n) is 5.01. The summed E-state index contributed by atoms with van der Waals surface area (Å²) in [5, 5.41) is 5.41. The molecule has 0 radical (unpaired) electrons. The van der Waals surface area contributed by atoms with Gasteiger partial charge in [-0.15, -0.1) is 0 Å². The van der Waals surface area contributed by atoms with Gasteiger partial charge in [-0.2, -0.15) is 0 Å². The van der Waals surface area contributed by atoms with E-state index < -0.39 is 0 Å². The molecule has 1 fully saturated rings. The van der Waals surface area contributed by atoms with E-state index in [0.29, 0.717) is 25.9 Å². The fourth-order valence-electron chi connectivity index (χ4n) is 1.44. The fraction of sp³-hybridized carbons (Fsp3) is 0.778. The van der Waals surface area contributed by atoms with E-state index in [9.17, 15) is 9.59 Å². The molecule has 0 aliphatic carbocycles. The third kappa shape index (κ3) is 3.33. The van der Waals surface area contributed by atoms with Gasteiger partial charge in [-0.05, 0) is 25.8 Å². The number of carbonyl (C=O) groups excluding carboxylic acids is 2. The zero-order valence-corrected chi connectivity index (χ0v) is 8.21. The maximum absolute atomic E-state index is 11.3. The van der Waals surface area contributed by atoms with Crippen LogP contribution in [-0.2, 0) is 9.59 Å². The highest BCUT2D eigenvalue weighted by Gasteiger charge is 2.22. The number of carbonyl (C=O) groups is 2. The Bertz CT molecular complexity index is 218. The molecule has 0 bridgehead atoms. The van der Waals surface area contributed by atoms with Crippen LogP contribution in [-0.4, -0.2) is 30.9 Å². The van der Waals surface area contributed by atoms with Crippen LogP contribution in [0, 0.1) is 0 Å². The largest absolute Gasteiger partial charge is 0.354 e. The zero-order chi connectivity index (χ0) is 10.4. The summed E-state index contributed by atoms with van der Waals surface area (Å²) >= 11 is 0. The molecule has 0 aromatic heterocycles. The molecule has 1 rings (SSSR count). The van der Waals surface area contributed by atoms with Gasteiger partial charge in [0.05, 0.1) is 0 Å². The van der Waals surface area contributed by atoms with Crippen molar-refractivity contribution in [3.63, 3.8) is 0 Å². The van der Waals surface area contributed by atoms with E-state index in [1.54, 1.807) is 0 Å². The summed E-state index contributed by atoms with van der Waals surface area (Å²) in [5.41, 5.74) is 5.28. The highest BCUT2D eigenvalue weighted by molar-refractivity contribution is 5.87. The Kier molecular flexibility index (Phi) is 4.39. The molecule has 0 spiro atoms. The monoisotopic (exact) mass is 199 g/mol. The molecule has 1 unspecified atom stereocenters. The second-order valence-electron chi connectivity index (χ2n) is 3.45. The van der Waals surface area contributed by atoms with Gasteiger partial charge in [0.2, 0.25) is 11.8 Å². The van der Waals surface area contributed by atoms with Crippen LogP contribution < -0.4 is 16.4 Å². The third-order valence-electron chi connectivity index (χ3n) is 2.23. The lowest BCUT2D eigenvalue weighted by Crippen LogP contribution is -2.50. The number of piperidine rings is 1. The minimum absolute atomic E-state index is 0.0719. The highest BCUT2D eigenvalue weighted by Crippen LogP contribution is 2.03. The van der Waals surface area contributed by atoms with Crippen LogP contribution in [0.3, 0.4) is 0 Å². The van der Waals surface area contributed by atoms with Crippen LogP contribution in [0.1, 0.15) is 25.7 Å². The van der Waals surface area contributed by atoms with Crippen molar-refractivity contribution in [3.8, 4) is 0 Å². The Hall–Kier alpha value is -1.10. The average Bonchev–Trinajstić information content (AvgIpc) is 2.18. The first kappa shape index (κ1) is 11.0. The lowest BCUT2D eigenvalue weighted by atomic mass is 10.1. The molecule has 5 heteroatoms. The van der Waals surface area contributed by atoms with Gasteiger partial charge < -0.3 is 16.4 Å². The Morgan fingerprint density at radius 1 is 1.64 bits per heavy atom. The number of amides is 2. The summed E-state index contributed by atoms with van der Waals surface area (Å²) in [6.07, 6.45) is 2.73. The summed E-state index contributed by atoms with van der Waals surface area (Å²) in [7, 11) is 0. The van der Waals surface area contributed by atoms with Gasteiger partial charge in [0.15, 0.2) is 0 Å². The van der Waals surface area contributed by atoms with Crippen molar-refractivity contribution in [2.75, 3.05) is 13.1 Å². The highest BCUT2D eigenvalue weighted by atomic mass is 16.2. The van der Waals surface area contributed by atoms with E-state index in [2.05, 4.69) is 10.6 Å². The van der Waals surface area contributed by atoms with Crippen molar-refractivity contribution in [1.29, 1.82) is 0 Å². The predicted molar refractivity (Wildman–Crippen MR) is 52.5 cm³/mol. The SMILES string of the molecule is NCCCC(=O)NC1CCCNC1=O. The molecular formula is C9H17N3O2. The molecule has 0 aromatic rings. The number of nitrogens with one attached hydrogen (secondary N) is 2. The van der Waals surface area contributed by atoms with Gasteiger partial charge in [-0.1, -0.05) is 0 Å². The fourth-order valence-corrected chi connectivity index (χ4v) is 1.44.